The first-order chi connectivity index (χ1) is 10.2. The predicted octanol–water partition coefficient (Wildman–Crippen LogP) is 3.28. The number of nitrogens with one attached hydrogen (secondary N) is 2. The van der Waals surface area contributed by atoms with Gasteiger partial charge in [-0.3, -0.25) is 4.79 Å². The topological polar surface area (TPSA) is 41.1 Å². The lowest BCUT2D eigenvalue weighted by Gasteiger charge is -2.61. The van der Waals surface area contributed by atoms with E-state index in [2.05, 4.69) is 10.6 Å². The van der Waals surface area contributed by atoms with Crippen LogP contribution in [0, 0.1) is 22.7 Å². The van der Waals surface area contributed by atoms with E-state index in [0.29, 0.717) is 19.4 Å². The highest BCUT2D eigenvalue weighted by atomic mass is 35.5. The highest BCUT2D eigenvalue weighted by Gasteiger charge is 2.68. The maximum absolute atomic E-state index is 13.7. The Balaban J connectivity index is 0.00000192. The molecule has 0 aromatic heterocycles. The quantitative estimate of drug-likeness (QED) is 0.813. The van der Waals surface area contributed by atoms with Crippen molar-refractivity contribution in [1.82, 2.24) is 10.6 Å². The van der Waals surface area contributed by atoms with Crippen LogP contribution in [0.15, 0.2) is 0 Å². The molecule has 0 aromatic carbocycles. The van der Waals surface area contributed by atoms with Crippen molar-refractivity contribution in [2.45, 2.75) is 57.7 Å². The van der Waals surface area contributed by atoms with Crippen molar-refractivity contribution < 1.29 is 18.0 Å². The standard InChI is InChI=1S/C16H25F3N2O.ClH/c1-10(20-2)8-21-13(22)14-4-11-3-12(5-14)7-15(6-11,9-14)16(17,18)19;/h10-12,20H,3-9H2,1-2H3,(H,21,22);1H. The van der Waals surface area contributed by atoms with Crippen LogP contribution in [0.25, 0.3) is 0 Å². The van der Waals surface area contributed by atoms with Crippen molar-refractivity contribution in [3.05, 3.63) is 0 Å². The maximum atomic E-state index is 13.7. The summed E-state index contributed by atoms with van der Waals surface area (Å²) in [5, 5.41) is 5.92. The predicted molar refractivity (Wildman–Crippen MR) is 84.4 cm³/mol. The van der Waals surface area contributed by atoms with Crippen LogP contribution < -0.4 is 10.6 Å². The molecule has 4 saturated carbocycles. The summed E-state index contributed by atoms with van der Waals surface area (Å²) in [4.78, 5) is 12.7. The monoisotopic (exact) mass is 354 g/mol. The van der Waals surface area contributed by atoms with E-state index in [0.717, 1.165) is 6.42 Å². The van der Waals surface area contributed by atoms with E-state index < -0.39 is 17.0 Å². The van der Waals surface area contributed by atoms with Crippen LogP contribution in [-0.2, 0) is 4.79 Å². The normalized spacial score (nSPS) is 39.7. The Morgan fingerprint density at radius 3 is 2.26 bits per heavy atom. The number of carbonyl (C=O) groups excluding carboxylic acids is 1. The van der Waals surface area contributed by atoms with E-state index in [9.17, 15) is 18.0 Å². The lowest BCUT2D eigenvalue weighted by molar-refractivity contribution is -0.283. The second-order valence-corrected chi connectivity index (χ2v) is 7.92. The van der Waals surface area contributed by atoms with Gasteiger partial charge in [0.15, 0.2) is 0 Å². The van der Waals surface area contributed by atoms with E-state index in [-0.39, 0.29) is 55.5 Å². The Morgan fingerprint density at radius 2 is 1.78 bits per heavy atom. The number of rotatable bonds is 4. The minimum absolute atomic E-state index is 0. The number of halogens is 4. The SMILES string of the molecule is CNC(C)CNC(=O)C12CC3CC(C1)CC(C(F)(F)F)(C3)C2.Cl. The molecule has 0 aromatic rings. The van der Waals surface area contributed by atoms with Crippen LogP contribution in [-0.4, -0.2) is 31.7 Å². The smallest absolute Gasteiger partial charge is 0.354 e. The molecule has 7 heteroatoms. The van der Waals surface area contributed by atoms with E-state index in [1.54, 1.807) is 7.05 Å². The van der Waals surface area contributed by atoms with Gasteiger partial charge in [-0.05, 0) is 64.3 Å². The Bertz CT molecular complexity index is 455. The number of amides is 1. The molecule has 4 fully saturated rings. The van der Waals surface area contributed by atoms with Gasteiger partial charge in [0.25, 0.3) is 0 Å². The summed E-state index contributed by atoms with van der Waals surface area (Å²) in [5.41, 5.74) is -2.39. The zero-order valence-corrected chi connectivity index (χ0v) is 14.4. The fourth-order valence-corrected chi connectivity index (χ4v) is 5.40. The van der Waals surface area contributed by atoms with Gasteiger partial charge in [-0.15, -0.1) is 12.4 Å². The molecule has 4 rings (SSSR count). The second-order valence-electron chi connectivity index (χ2n) is 7.92. The lowest BCUT2D eigenvalue weighted by Crippen LogP contribution is -2.61. The maximum Gasteiger partial charge on any atom is 0.394 e. The van der Waals surface area contributed by atoms with Gasteiger partial charge in [0.05, 0.1) is 10.8 Å². The number of alkyl halides is 3. The molecule has 3 nitrogen and oxygen atoms in total. The van der Waals surface area contributed by atoms with Crippen LogP contribution in [0.3, 0.4) is 0 Å². The third-order valence-electron chi connectivity index (χ3n) is 6.21. The molecule has 3 atom stereocenters. The molecule has 4 aliphatic rings. The van der Waals surface area contributed by atoms with Crippen molar-refractivity contribution in [2.75, 3.05) is 13.6 Å². The Hall–Kier alpha value is -0.490. The molecule has 0 aliphatic heterocycles. The van der Waals surface area contributed by atoms with Crippen molar-refractivity contribution in [3.8, 4) is 0 Å². The number of hydrogen-bond donors (Lipinski definition) is 2. The minimum Gasteiger partial charge on any atom is -0.354 e. The first-order valence-electron chi connectivity index (χ1n) is 8.22. The van der Waals surface area contributed by atoms with Crippen molar-refractivity contribution in [1.29, 1.82) is 0 Å². The highest BCUT2D eigenvalue weighted by molar-refractivity contribution is 5.85. The Morgan fingerprint density at radius 1 is 1.22 bits per heavy atom. The van der Waals surface area contributed by atoms with E-state index >= 15 is 0 Å². The van der Waals surface area contributed by atoms with E-state index in [1.165, 1.54) is 0 Å². The van der Waals surface area contributed by atoms with Gasteiger partial charge in [0.1, 0.15) is 0 Å². The molecule has 0 saturated heterocycles. The number of hydrogen-bond acceptors (Lipinski definition) is 2. The van der Waals surface area contributed by atoms with Gasteiger partial charge in [0.2, 0.25) is 5.91 Å². The van der Waals surface area contributed by atoms with Crippen LogP contribution in [0.2, 0.25) is 0 Å². The molecule has 4 aliphatic carbocycles. The summed E-state index contributed by atoms with van der Waals surface area (Å²) < 4.78 is 41.0. The fourth-order valence-electron chi connectivity index (χ4n) is 5.40. The highest BCUT2D eigenvalue weighted by Crippen LogP contribution is 2.69. The summed E-state index contributed by atoms with van der Waals surface area (Å²) in [7, 11) is 1.81. The summed E-state index contributed by atoms with van der Waals surface area (Å²) in [6.45, 7) is 2.41. The van der Waals surface area contributed by atoms with Crippen LogP contribution >= 0.6 is 12.4 Å². The molecule has 0 radical (unpaired) electrons. The molecule has 2 N–H and O–H groups in total. The van der Waals surface area contributed by atoms with Crippen LogP contribution in [0.4, 0.5) is 13.2 Å². The fraction of sp³-hybridized carbons (Fsp3) is 0.938. The van der Waals surface area contributed by atoms with Crippen LogP contribution in [0.1, 0.15) is 45.4 Å². The van der Waals surface area contributed by atoms with Gasteiger partial charge in [0, 0.05) is 12.6 Å². The first kappa shape index (κ1) is 18.8. The van der Waals surface area contributed by atoms with Gasteiger partial charge in [-0.25, -0.2) is 0 Å². The van der Waals surface area contributed by atoms with E-state index in [1.807, 2.05) is 6.92 Å². The molecule has 1 amide bonds. The summed E-state index contributed by atoms with van der Waals surface area (Å²) in [6, 6.07) is 0.120. The van der Waals surface area contributed by atoms with E-state index in [4.69, 9.17) is 0 Å². The zero-order valence-electron chi connectivity index (χ0n) is 13.6. The Labute approximate surface area is 141 Å². The Kier molecular flexibility index (Phi) is 5.00. The molecular formula is C16H26ClF3N2O. The zero-order chi connectivity index (χ0) is 16.2. The van der Waals surface area contributed by atoms with Gasteiger partial charge in [-0.2, -0.15) is 13.2 Å². The second kappa shape index (κ2) is 6.10. The van der Waals surface area contributed by atoms with Gasteiger partial charge < -0.3 is 10.6 Å². The third-order valence-corrected chi connectivity index (χ3v) is 6.21. The van der Waals surface area contributed by atoms with Crippen LogP contribution in [0.5, 0.6) is 0 Å². The van der Waals surface area contributed by atoms with Crippen molar-refractivity contribution >= 4 is 18.3 Å². The molecule has 23 heavy (non-hydrogen) atoms. The molecule has 0 spiro atoms. The molecular weight excluding hydrogens is 329 g/mol. The largest absolute Gasteiger partial charge is 0.394 e. The first-order valence-corrected chi connectivity index (χ1v) is 8.22. The average Bonchev–Trinajstić information content (AvgIpc) is 2.41. The van der Waals surface area contributed by atoms with Crippen molar-refractivity contribution in [3.63, 3.8) is 0 Å². The average molecular weight is 355 g/mol. The molecule has 4 bridgehead atoms. The van der Waals surface area contributed by atoms with Gasteiger partial charge >= 0.3 is 6.18 Å². The number of likely N-dealkylation sites (N-methyl/N-ethyl adjacent to an activating group) is 1. The molecule has 134 valence electrons. The number of carbonyl (C=O) groups is 1. The molecule has 3 unspecified atom stereocenters. The van der Waals surface area contributed by atoms with Crippen molar-refractivity contribution in [2.24, 2.45) is 22.7 Å². The summed E-state index contributed by atoms with van der Waals surface area (Å²) >= 11 is 0. The van der Waals surface area contributed by atoms with Gasteiger partial charge in [-0.1, -0.05) is 0 Å². The minimum atomic E-state index is -4.19. The lowest BCUT2D eigenvalue weighted by atomic mass is 9.43. The summed E-state index contributed by atoms with van der Waals surface area (Å²) in [6.07, 6.45) is -1.57. The summed E-state index contributed by atoms with van der Waals surface area (Å²) in [5.74, 6) is -0.0250. The third kappa shape index (κ3) is 3.09. The molecule has 0 heterocycles.